The second-order valence-corrected chi connectivity index (χ2v) is 6.92. The summed E-state index contributed by atoms with van der Waals surface area (Å²) in [6, 6.07) is 9.29. The third kappa shape index (κ3) is 5.01. The van der Waals surface area contributed by atoms with Crippen molar-refractivity contribution in [2.24, 2.45) is 0 Å². The van der Waals surface area contributed by atoms with E-state index in [1.165, 1.54) is 5.56 Å². The van der Waals surface area contributed by atoms with Crippen molar-refractivity contribution in [3.63, 3.8) is 0 Å². The summed E-state index contributed by atoms with van der Waals surface area (Å²) in [5.74, 6) is 0.938. The monoisotopic (exact) mass is 291 g/mol. The first-order valence-electron chi connectivity index (χ1n) is 8.02. The molecule has 118 valence electrons. The van der Waals surface area contributed by atoms with E-state index in [0.29, 0.717) is 12.1 Å². The van der Waals surface area contributed by atoms with E-state index in [1.54, 1.807) is 0 Å². The predicted molar refractivity (Wildman–Crippen MR) is 86.8 cm³/mol. The molecule has 1 aromatic rings. The van der Waals surface area contributed by atoms with Crippen LogP contribution in [-0.2, 0) is 4.74 Å². The third-order valence-corrected chi connectivity index (χ3v) is 3.93. The minimum atomic E-state index is -0.00933. The molecule has 2 atom stereocenters. The van der Waals surface area contributed by atoms with Crippen molar-refractivity contribution in [3.8, 4) is 5.75 Å². The normalized spacial score (nSPS) is 23.0. The highest BCUT2D eigenvalue weighted by Crippen LogP contribution is 2.26. The van der Waals surface area contributed by atoms with Gasteiger partial charge >= 0.3 is 0 Å². The molecule has 1 aliphatic heterocycles. The quantitative estimate of drug-likeness (QED) is 0.886. The van der Waals surface area contributed by atoms with E-state index in [2.05, 4.69) is 50.4 Å². The van der Waals surface area contributed by atoms with Gasteiger partial charge in [0.1, 0.15) is 5.75 Å². The Morgan fingerprint density at radius 1 is 1.19 bits per heavy atom. The number of hydrogen-bond donors (Lipinski definition) is 1. The smallest absolute Gasteiger partial charge is 0.119 e. The van der Waals surface area contributed by atoms with Crippen LogP contribution in [-0.4, -0.2) is 24.4 Å². The zero-order valence-corrected chi connectivity index (χ0v) is 14.0. The van der Waals surface area contributed by atoms with Crippen LogP contribution in [0.15, 0.2) is 24.3 Å². The molecule has 1 fully saturated rings. The van der Waals surface area contributed by atoms with E-state index in [0.717, 1.165) is 25.2 Å². The molecule has 0 spiro atoms. The van der Waals surface area contributed by atoms with Gasteiger partial charge in [-0.2, -0.15) is 0 Å². The number of nitrogens with one attached hydrogen (secondary N) is 1. The lowest BCUT2D eigenvalue weighted by molar-refractivity contribution is -0.0639. The molecule has 21 heavy (non-hydrogen) atoms. The van der Waals surface area contributed by atoms with Gasteiger partial charge in [0, 0.05) is 18.7 Å². The second-order valence-electron chi connectivity index (χ2n) is 6.92. The Labute approximate surface area is 129 Å². The first kappa shape index (κ1) is 16.3. The van der Waals surface area contributed by atoms with Gasteiger partial charge in [-0.15, -0.1) is 0 Å². The summed E-state index contributed by atoms with van der Waals surface area (Å²) in [4.78, 5) is 0. The van der Waals surface area contributed by atoms with E-state index in [4.69, 9.17) is 9.47 Å². The van der Waals surface area contributed by atoms with Crippen LogP contribution >= 0.6 is 0 Å². The summed E-state index contributed by atoms with van der Waals surface area (Å²) in [6.07, 6.45) is 2.37. The first-order valence-corrected chi connectivity index (χ1v) is 8.02. The molecule has 1 aromatic carbocycles. The van der Waals surface area contributed by atoms with Gasteiger partial charge in [0.15, 0.2) is 0 Å². The molecular weight excluding hydrogens is 262 g/mol. The van der Waals surface area contributed by atoms with Crippen LogP contribution in [0.2, 0.25) is 0 Å². The van der Waals surface area contributed by atoms with Crippen LogP contribution in [0.3, 0.4) is 0 Å². The Bertz CT molecular complexity index is 439. The Morgan fingerprint density at radius 2 is 1.86 bits per heavy atom. The van der Waals surface area contributed by atoms with Crippen LogP contribution < -0.4 is 10.1 Å². The van der Waals surface area contributed by atoms with Gasteiger partial charge in [0.25, 0.3) is 0 Å². The van der Waals surface area contributed by atoms with Crippen molar-refractivity contribution in [3.05, 3.63) is 29.8 Å². The fourth-order valence-corrected chi connectivity index (χ4v) is 2.93. The predicted octanol–water partition coefficient (Wildman–Crippen LogP) is 4.08. The van der Waals surface area contributed by atoms with E-state index < -0.39 is 0 Å². The van der Waals surface area contributed by atoms with E-state index in [9.17, 15) is 0 Å². The van der Waals surface area contributed by atoms with Gasteiger partial charge in [-0.1, -0.05) is 12.1 Å². The van der Waals surface area contributed by atoms with Crippen LogP contribution in [0.4, 0.5) is 0 Å². The lowest BCUT2D eigenvalue weighted by Crippen LogP contribution is -2.44. The molecule has 0 amide bonds. The molecule has 1 N–H and O–H groups in total. The standard InChI is InChI=1S/C18H29NO2/c1-13(2)21-17-8-6-15(7-9-17)14(3)19-16-10-11-20-18(4,5)12-16/h6-9,13-14,16,19H,10-12H2,1-5H3. The molecule has 0 aromatic heterocycles. The minimum absolute atomic E-state index is 0.00933. The molecule has 2 unspecified atom stereocenters. The molecule has 3 heteroatoms. The fourth-order valence-electron chi connectivity index (χ4n) is 2.93. The molecule has 0 bridgehead atoms. The Kier molecular flexibility index (Phi) is 5.28. The zero-order chi connectivity index (χ0) is 15.5. The summed E-state index contributed by atoms with van der Waals surface area (Å²) in [5, 5.41) is 3.73. The molecule has 2 rings (SSSR count). The summed E-state index contributed by atoms with van der Waals surface area (Å²) in [5.41, 5.74) is 1.29. The van der Waals surface area contributed by atoms with Crippen molar-refractivity contribution >= 4 is 0 Å². The van der Waals surface area contributed by atoms with Crippen LogP contribution in [0.25, 0.3) is 0 Å². The average Bonchev–Trinajstić information content (AvgIpc) is 2.37. The Hall–Kier alpha value is -1.06. The molecule has 0 aliphatic carbocycles. The molecule has 1 heterocycles. The summed E-state index contributed by atoms with van der Waals surface area (Å²) >= 11 is 0. The van der Waals surface area contributed by atoms with Gasteiger partial charge in [0.2, 0.25) is 0 Å². The highest BCUT2D eigenvalue weighted by atomic mass is 16.5. The van der Waals surface area contributed by atoms with Gasteiger partial charge in [-0.05, 0) is 65.2 Å². The fraction of sp³-hybridized carbons (Fsp3) is 0.667. The van der Waals surface area contributed by atoms with Gasteiger partial charge in [-0.3, -0.25) is 0 Å². The summed E-state index contributed by atoms with van der Waals surface area (Å²) < 4.78 is 11.5. The van der Waals surface area contributed by atoms with Crippen molar-refractivity contribution in [2.75, 3.05) is 6.61 Å². The van der Waals surface area contributed by atoms with Crippen LogP contribution in [0.5, 0.6) is 5.75 Å². The van der Waals surface area contributed by atoms with Crippen molar-refractivity contribution in [1.29, 1.82) is 0 Å². The first-order chi connectivity index (χ1) is 9.85. The molecular formula is C18H29NO2. The van der Waals surface area contributed by atoms with Crippen molar-refractivity contribution in [1.82, 2.24) is 5.32 Å². The Balaban J connectivity index is 1.92. The van der Waals surface area contributed by atoms with E-state index in [1.807, 2.05) is 13.8 Å². The maximum absolute atomic E-state index is 5.78. The number of rotatable bonds is 5. The molecule has 0 saturated carbocycles. The van der Waals surface area contributed by atoms with E-state index >= 15 is 0 Å². The summed E-state index contributed by atoms with van der Waals surface area (Å²) in [7, 11) is 0. The van der Waals surface area contributed by atoms with Gasteiger partial charge in [-0.25, -0.2) is 0 Å². The minimum Gasteiger partial charge on any atom is -0.491 e. The second kappa shape index (κ2) is 6.80. The number of hydrogen-bond acceptors (Lipinski definition) is 3. The maximum atomic E-state index is 5.78. The maximum Gasteiger partial charge on any atom is 0.119 e. The SMILES string of the molecule is CC(C)Oc1ccc(C(C)NC2CCOC(C)(C)C2)cc1. The molecule has 0 radical (unpaired) electrons. The summed E-state index contributed by atoms with van der Waals surface area (Å²) in [6.45, 7) is 11.5. The number of ether oxygens (including phenoxy) is 2. The van der Waals surface area contributed by atoms with Gasteiger partial charge < -0.3 is 14.8 Å². The van der Waals surface area contributed by atoms with Crippen molar-refractivity contribution in [2.45, 2.75) is 71.2 Å². The highest BCUT2D eigenvalue weighted by molar-refractivity contribution is 5.29. The van der Waals surface area contributed by atoms with E-state index in [-0.39, 0.29) is 11.7 Å². The molecule has 3 nitrogen and oxygen atoms in total. The zero-order valence-electron chi connectivity index (χ0n) is 14.0. The Morgan fingerprint density at radius 3 is 2.43 bits per heavy atom. The topological polar surface area (TPSA) is 30.5 Å². The average molecular weight is 291 g/mol. The van der Waals surface area contributed by atoms with Crippen molar-refractivity contribution < 1.29 is 9.47 Å². The van der Waals surface area contributed by atoms with Crippen LogP contribution in [0, 0.1) is 0 Å². The van der Waals surface area contributed by atoms with Crippen LogP contribution in [0.1, 0.15) is 59.1 Å². The molecule has 1 aliphatic rings. The van der Waals surface area contributed by atoms with Gasteiger partial charge in [0.05, 0.1) is 11.7 Å². The largest absolute Gasteiger partial charge is 0.491 e. The third-order valence-electron chi connectivity index (χ3n) is 3.93. The number of benzene rings is 1. The molecule has 1 saturated heterocycles. The lowest BCUT2D eigenvalue weighted by atomic mass is 9.93. The highest BCUT2D eigenvalue weighted by Gasteiger charge is 2.29. The lowest BCUT2D eigenvalue weighted by Gasteiger charge is -2.37.